The van der Waals surface area contributed by atoms with E-state index in [2.05, 4.69) is 11.0 Å². The lowest BCUT2D eigenvalue weighted by Crippen LogP contribution is -2.18. The summed E-state index contributed by atoms with van der Waals surface area (Å²) in [4.78, 5) is 14.8. The molecule has 0 unspecified atom stereocenters. The minimum absolute atomic E-state index is 0.0572. The highest BCUT2D eigenvalue weighted by atomic mass is 19.1. The van der Waals surface area contributed by atoms with Crippen LogP contribution in [0.25, 0.3) is 0 Å². The molecule has 0 aliphatic carbocycles. The summed E-state index contributed by atoms with van der Waals surface area (Å²) < 4.78 is 12.9. The van der Waals surface area contributed by atoms with E-state index in [4.69, 9.17) is 0 Å². The van der Waals surface area contributed by atoms with Gasteiger partial charge in [0.1, 0.15) is 5.82 Å². The Bertz CT molecular complexity index is 630. The Morgan fingerprint density at radius 2 is 1.71 bits per heavy atom. The van der Waals surface area contributed by atoms with Crippen molar-refractivity contribution in [2.45, 2.75) is 19.4 Å². The Labute approximate surface area is 124 Å². The summed E-state index contributed by atoms with van der Waals surface area (Å²) in [5, 5.41) is 0. The Balaban J connectivity index is 1.78. The molecule has 1 saturated heterocycles. The van der Waals surface area contributed by atoms with Gasteiger partial charge >= 0.3 is 0 Å². The first-order chi connectivity index (χ1) is 10.2. The summed E-state index contributed by atoms with van der Waals surface area (Å²) in [6.07, 6.45) is 2.52. The summed E-state index contributed by atoms with van der Waals surface area (Å²) in [5.74, 6) is -0.382. The van der Waals surface area contributed by atoms with Gasteiger partial charge in [0.05, 0.1) is 0 Å². The molecule has 1 aliphatic rings. The zero-order chi connectivity index (χ0) is 14.7. The van der Waals surface area contributed by atoms with Crippen LogP contribution in [0.4, 0.5) is 4.39 Å². The molecule has 0 aromatic heterocycles. The standard InChI is InChI=1S/C18H18FNO/c19-17-8-6-15(7-9-17)18(21)16-5-3-4-14(12-16)13-20-10-1-2-11-20/h3-9,12H,1-2,10-11,13H2. The Morgan fingerprint density at radius 3 is 2.43 bits per heavy atom. The third-order valence-electron chi connectivity index (χ3n) is 3.90. The lowest BCUT2D eigenvalue weighted by atomic mass is 10.0. The van der Waals surface area contributed by atoms with Gasteiger partial charge in [-0.2, -0.15) is 0 Å². The Kier molecular flexibility index (Phi) is 4.11. The van der Waals surface area contributed by atoms with Crippen molar-refractivity contribution in [3.63, 3.8) is 0 Å². The van der Waals surface area contributed by atoms with E-state index in [1.54, 1.807) is 0 Å². The Hall–Kier alpha value is -2.00. The molecule has 2 aromatic carbocycles. The van der Waals surface area contributed by atoms with Gasteiger partial charge < -0.3 is 0 Å². The van der Waals surface area contributed by atoms with E-state index in [0.29, 0.717) is 11.1 Å². The van der Waals surface area contributed by atoms with Crippen molar-refractivity contribution in [1.29, 1.82) is 0 Å². The average molecular weight is 283 g/mol. The van der Waals surface area contributed by atoms with Crippen LogP contribution in [0.5, 0.6) is 0 Å². The monoisotopic (exact) mass is 283 g/mol. The van der Waals surface area contributed by atoms with Gasteiger partial charge in [-0.25, -0.2) is 4.39 Å². The highest BCUT2D eigenvalue weighted by Crippen LogP contribution is 2.16. The first kappa shape index (κ1) is 14.0. The van der Waals surface area contributed by atoms with E-state index in [9.17, 15) is 9.18 Å². The molecule has 0 N–H and O–H groups in total. The molecule has 108 valence electrons. The fraction of sp³-hybridized carbons (Fsp3) is 0.278. The molecule has 2 nitrogen and oxygen atoms in total. The van der Waals surface area contributed by atoms with Crippen molar-refractivity contribution >= 4 is 5.78 Å². The number of rotatable bonds is 4. The molecule has 0 saturated carbocycles. The Morgan fingerprint density at radius 1 is 1.00 bits per heavy atom. The number of hydrogen-bond donors (Lipinski definition) is 0. The topological polar surface area (TPSA) is 20.3 Å². The van der Waals surface area contributed by atoms with Gasteiger partial charge in [-0.1, -0.05) is 18.2 Å². The summed E-state index contributed by atoms with van der Waals surface area (Å²) in [5.41, 5.74) is 2.35. The van der Waals surface area contributed by atoms with Crippen molar-refractivity contribution in [2.75, 3.05) is 13.1 Å². The maximum Gasteiger partial charge on any atom is 0.193 e. The lowest BCUT2D eigenvalue weighted by Gasteiger charge is -2.15. The molecule has 1 heterocycles. The van der Waals surface area contributed by atoms with Crippen LogP contribution in [0, 0.1) is 5.82 Å². The second-order valence-electron chi connectivity index (χ2n) is 5.52. The SMILES string of the molecule is O=C(c1ccc(F)cc1)c1cccc(CN2CCCC2)c1. The van der Waals surface area contributed by atoms with Gasteiger partial charge in [-0.15, -0.1) is 0 Å². The number of ketones is 1. The minimum Gasteiger partial charge on any atom is -0.299 e. The molecule has 21 heavy (non-hydrogen) atoms. The van der Waals surface area contributed by atoms with Gasteiger partial charge in [0.2, 0.25) is 0 Å². The van der Waals surface area contributed by atoms with Crippen molar-refractivity contribution < 1.29 is 9.18 Å². The first-order valence-corrected chi connectivity index (χ1v) is 7.34. The smallest absolute Gasteiger partial charge is 0.193 e. The molecule has 0 atom stereocenters. The molecule has 1 aliphatic heterocycles. The van der Waals surface area contributed by atoms with E-state index < -0.39 is 0 Å². The van der Waals surface area contributed by atoms with Crippen molar-refractivity contribution in [2.24, 2.45) is 0 Å². The maximum atomic E-state index is 12.9. The van der Waals surface area contributed by atoms with Crippen LogP contribution in [0.3, 0.4) is 0 Å². The van der Waals surface area contributed by atoms with Crippen LogP contribution in [0.1, 0.15) is 34.3 Å². The number of halogens is 1. The fourth-order valence-corrected chi connectivity index (χ4v) is 2.78. The summed E-state index contributed by atoms with van der Waals surface area (Å²) in [6.45, 7) is 3.16. The molecule has 3 heteroatoms. The average Bonchev–Trinajstić information content (AvgIpc) is 3.00. The van der Waals surface area contributed by atoms with Crippen LogP contribution in [-0.4, -0.2) is 23.8 Å². The molecule has 0 amide bonds. The van der Waals surface area contributed by atoms with Crippen LogP contribution in [0.2, 0.25) is 0 Å². The highest BCUT2D eigenvalue weighted by molar-refractivity contribution is 6.09. The molecule has 3 rings (SSSR count). The minimum atomic E-state index is -0.325. The molecular formula is C18H18FNO. The van der Waals surface area contributed by atoms with Gasteiger partial charge in [0.15, 0.2) is 5.78 Å². The quantitative estimate of drug-likeness (QED) is 0.798. The van der Waals surface area contributed by atoms with E-state index >= 15 is 0 Å². The highest BCUT2D eigenvalue weighted by Gasteiger charge is 2.13. The number of benzene rings is 2. The maximum absolute atomic E-state index is 12.9. The van der Waals surface area contributed by atoms with Gasteiger partial charge in [-0.05, 0) is 61.8 Å². The summed E-state index contributed by atoms with van der Waals surface area (Å²) in [6, 6.07) is 13.4. The molecule has 0 radical (unpaired) electrons. The molecule has 0 bridgehead atoms. The van der Waals surface area contributed by atoms with E-state index in [0.717, 1.165) is 25.2 Å². The van der Waals surface area contributed by atoms with Crippen molar-refractivity contribution in [3.8, 4) is 0 Å². The zero-order valence-corrected chi connectivity index (χ0v) is 11.9. The molecule has 1 fully saturated rings. The van der Waals surface area contributed by atoms with E-state index in [1.807, 2.05) is 18.2 Å². The molecule has 2 aromatic rings. The summed E-state index contributed by atoms with van der Waals surface area (Å²) in [7, 11) is 0. The number of carbonyl (C=O) groups is 1. The normalized spacial score (nSPS) is 15.3. The van der Waals surface area contributed by atoms with Crippen molar-refractivity contribution in [1.82, 2.24) is 4.90 Å². The number of nitrogens with zero attached hydrogens (tertiary/aromatic N) is 1. The van der Waals surface area contributed by atoms with Gasteiger partial charge in [0.25, 0.3) is 0 Å². The third-order valence-corrected chi connectivity index (χ3v) is 3.90. The predicted molar refractivity (Wildman–Crippen MR) is 80.8 cm³/mol. The zero-order valence-electron chi connectivity index (χ0n) is 11.9. The van der Waals surface area contributed by atoms with Crippen LogP contribution >= 0.6 is 0 Å². The van der Waals surface area contributed by atoms with Gasteiger partial charge in [-0.3, -0.25) is 9.69 Å². The van der Waals surface area contributed by atoms with Gasteiger partial charge in [0, 0.05) is 17.7 Å². The molecular weight excluding hydrogens is 265 g/mol. The third kappa shape index (κ3) is 3.37. The first-order valence-electron chi connectivity index (χ1n) is 7.34. The number of carbonyl (C=O) groups excluding carboxylic acids is 1. The second-order valence-corrected chi connectivity index (χ2v) is 5.52. The number of hydrogen-bond acceptors (Lipinski definition) is 2. The van der Waals surface area contributed by atoms with E-state index in [1.165, 1.54) is 37.1 Å². The van der Waals surface area contributed by atoms with E-state index in [-0.39, 0.29) is 11.6 Å². The predicted octanol–water partition coefficient (Wildman–Crippen LogP) is 3.65. The summed E-state index contributed by atoms with van der Waals surface area (Å²) >= 11 is 0. The largest absolute Gasteiger partial charge is 0.299 e. The van der Waals surface area contributed by atoms with Crippen LogP contribution < -0.4 is 0 Å². The van der Waals surface area contributed by atoms with Crippen molar-refractivity contribution in [3.05, 3.63) is 71.0 Å². The lowest BCUT2D eigenvalue weighted by molar-refractivity contribution is 0.103. The number of likely N-dealkylation sites (tertiary alicyclic amines) is 1. The fourth-order valence-electron chi connectivity index (χ4n) is 2.78. The molecule has 0 spiro atoms. The van der Waals surface area contributed by atoms with Crippen LogP contribution in [-0.2, 0) is 6.54 Å². The van der Waals surface area contributed by atoms with Crippen LogP contribution in [0.15, 0.2) is 48.5 Å². The second kappa shape index (κ2) is 6.19.